The maximum absolute atomic E-state index is 13.6. The van der Waals surface area contributed by atoms with E-state index < -0.39 is 17.8 Å². The van der Waals surface area contributed by atoms with E-state index in [4.69, 9.17) is 33.7 Å². The van der Waals surface area contributed by atoms with Crippen molar-refractivity contribution >= 4 is 17.0 Å². The van der Waals surface area contributed by atoms with Crippen molar-refractivity contribution in [3.8, 4) is 28.6 Å². The zero-order valence-corrected chi connectivity index (χ0v) is 27.8. The Bertz CT molecular complexity index is 2080. The smallest absolute Gasteiger partial charge is 0.433 e. The van der Waals surface area contributed by atoms with Gasteiger partial charge in [-0.25, -0.2) is 19.7 Å². The molecule has 2 aliphatic heterocycles. The molecule has 5 heterocycles. The van der Waals surface area contributed by atoms with Crippen LogP contribution in [0.3, 0.4) is 0 Å². The minimum atomic E-state index is -4.57. The summed E-state index contributed by atoms with van der Waals surface area (Å²) in [7, 11) is 2.86. The third-order valence-electron chi connectivity index (χ3n) is 9.02. The van der Waals surface area contributed by atoms with Gasteiger partial charge in [0.05, 0.1) is 50.2 Å². The number of benzene rings is 2. The van der Waals surface area contributed by atoms with Gasteiger partial charge in [-0.2, -0.15) is 13.2 Å². The molecule has 0 saturated carbocycles. The standard InChI is InChI=1S/C37H35F3N4O6/c1-21-14-23(17-33-43-35-29(44(33)19-25-11-13-48-25)15-24(36(45)47-3)16-31(35)46-2)30-18-26(21)28-6-4-8-34(42-28)50-20-22-9-10-32(37(38,39)40)41-27(22)7-5-12-49-30/h4,6,8-10,14-16,18,25H,5,7,11-13,17,19-20H2,1-3H3/t25-/m0/s1. The first kappa shape index (κ1) is 33.3. The van der Waals surface area contributed by atoms with E-state index in [2.05, 4.69) is 9.55 Å². The quantitative estimate of drug-likeness (QED) is 0.176. The zero-order chi connectivity index (χ0) is 35.0. The summed E-state index contributed by atoms with van der Waals surface area (Å²) in [5.41, 5.74) is 4.87. The van der Waals surface area contributed by atoms with Crippen LogP contribution in [0.4, 0.5) is 13.2 Å². The van der Waals surface area contributed by atoms with Gasteiger partial charge in [0.1, 0.15) is 35.1 Å². The monoisotopic (exact) mass is 688 g/mol. The lowest BCUT2D eigenvalue weighted by atomic mass is 9.99. The number of esters is 1. The summed E-state index contributed by atoms with van der Waals surface area (Å²) >= 11 is 0. The summed E-state index contributed by atoms with van der Waals surface area (Å²) in [5.74, 6) is 1.60. The number of hydrogen-bond donors (Lipinski definition) is 0. The normalized spacial score (nSPS) is 16.0. The number of nitrogens with zero attached hydrogens (tertiary/aromatic N) is 4. The number of aromatic nitrogens is 4. The summed E-state index contributed by atoms with van der Waals surface area (Å²) in [6, 6.07) is 15.2. The largest absolute Gasteiger partial charge is 0.494 e. The lowest BCUT2D eigenvalue weighted by molar-refractivity contribution is -0.141. The molecule has 1 saturated heterocycles. The van der Waals surface area contributed by atoms with Gasteiger partial charge in [0, 0.05) is 41.5 Å². The first-order valence-electron chi connectivity index (χ1n) is 16.3. The molecule has 0 radical (unpaired) electrons. The van der Waals surface area contributed by atoms with Crippen molar-refractivity contribution in [2.45, 2.75) is 58.0 Å². The molecule has 1 atom stereocenters. The Kier molecular flexibility index (Phi) is 9.08. The summed E-state index contributed by atoms with van der Waals surface area (Å²) in [6.45, 7) is 3.46. The molecule has 13 heteroatoms. The number of carbonyl (C=O) groups excluding carboxylic acids is 1. The average molecular weight is 689 g/mol. The van der Waals surface area contributed by atoms with Gasteiger partial charge >= 0.3 is 12.1 Å². The fraction of sp³-hybridized carbons (Fsp3) is 0.351. The van der Waals surface area contributed by atoms with Crippen LogP contribution in [-0.4, -0.2) is 59.0 Å². The molecule has 5 aromatic rings. The number of imidazole rings is 1. The molecule has 1 fully saturated rings. The van der Waals surface area contributed by atoms with Gasteiger partial charge in [-0.3, -0.25) is 0 Å². The number of aryl methyl sites for hydroxylation is 2. The van der Waals surface area contributed by atoms with Gasteiger partial charge in [0.15, 0.2) is 0 Å². The highest BCUT2D eigenvalue weighted by atomic mass is 19.4. The minimum Gasteiger partial charge on any atom is -0.494 e. The maximum Gasteiger partial charge on any atom is 0.433 e. The Morgan fingerprint density at radius 2 is 1.86 bits per heavy atom. The number of hydrogen-bond acceptors (Lipinski definition) is 9. The SMILES string of the molecule is COC(=O)c1cc(OC)c2nc(Cc3cc(C)c4cc3OCCCc3nc(C(F)(F)F)ccc3COc3cccc-4n3)n(C[C@@H]3CCO3)c2c1. The second-order valence-corrected chi connectivity index (χ2v) is 12.3. The fourth-order valence-corrected chi connectivity index (χ4v) is 6.32. The van der Waals surface area contributed by atoms with E-state index >= 15 is 0 Å². The fourth-order valence-electron chi connectivity index (χ4n) is 6.32. The van der Waals surface area contributed by atoms with Crippen LogP contribution in [0.1, 0.15) is 57.1 Å². The molecule has 0 unspecified atom stereocenters. The van der Waals surface area contributed by atoms with Crippen LogP contribution in [0.5, 0.6) is 17.4 Å². The highest BCUT2D eigenvalue weighted by molar-refractivity contribution is 5.96. The first-order valence-corrected chi connectivity index (χ1v) is 16.3. The van der Waals surface area contributed by atoms with Crippen molar-refractivity contribution in [3.05, 3.63) is 94.1 Å². The van der Waals surface area contributed by atoms with E-state index in [1.165, 1.54) is 20.3 Å². The average Bonchev–Trinajstić information content (AvgIpc) is 3.43. The molecule has 10 nitrogen and oxygen atoms in total. The topological polar surface area (TPSA) is 107 Å². The first-order chi connectivity index (χ1) is 24.1. The van der Waals surface area contributed by atoms with Gasteiger partial charge < -0.3 is 28.3 Å². The molecular weight excluding hydrogens is 653 g/mol. The van der Waals surface area contributed by atoms with Crippen molar-refractivity contribution in [1.29, 1.82) is 0 Å². The molecule has 2 aromatic carbocycles. The van der Waals surface area contributed by atoms with Crippen molar-refractivity contribution in [2.75, 3.05) is 27.4 Å². The number of alkyl halides is 3. The molecule has 260 valence electrons. The predicted octanol–water partition coefficient (Wildman–Crippen LogP) is 6.90. The van der Waals surface area contributed by atoms with Crippen LogP contribution in [0, 0.1) is 6.92 Å². The number of pyridine rings is 2. The zero-order valence-electron chi connectivity index (χ0n) is 27.8. The van der Waals surface area contributed by atoms with E-state index in [1.807, 2.05) is 31.2 Å². The summed E-state index contributed by atoms with van der Waals surface area (Å²) < 4.78 is 71.6. The molecule has 0 amide bonds. The lowest BCUT2D eigenvalue weighted by Crippen LogP contribution is -2.31. The minimum absolute atomic E-state index is 0.00719. The second kappa shape index (κ2) is 13.6. The molecule has 3 aromatic heterocycles. The molecule has 4 bridgehead atoms. The van der Waals surface area contributed by atoms with E-state index in [0.717, 1.165) is 29.2 Å². The Morgan fingerprint density at radius 3 is 2.60 bits per heavy atom. The molecule has 2 aliphatic rings. The van der Waals surface area contributed by atoms with Crippen LogP contribution in [0.2, 0.25) is 0 Å². The van der Waals surface area contributed by atoms with Crippen molar-refractivity contribution < 1.29 is 41.7 Å². The molecule has 50 heavy (non-hydrogen) atoms. The Morgan fingerprint density at radius 1 is 1.02 bits per heavy atom. The number of methoxy groups -OCH3 is 2. The molecular formula is C37H35F3N4O6. The number of halogens is 3. The number of ether oxygens (including phenoxy) is 5. The van der Waals surface area contributed by atoms with Crippen LogP contribution < -0.4 is 14.2 Å². The number of carbonyl (C=O) groups is 1. The molecule has 0 N–H and O–H groups in total. The van der Waals surface area contributed by atoms with Gasteiger partial charge in [0.2, 0.25) is 5.88 Å². The summed E-state index contributed by atoms with van der Waals surface area (Å²) in [4.78, 5) is 26.2. The molecule has 0 spiro atoms. The van der Waals surface area contributed by atoms with Gasteiger partial charge in [-0.05, 0) is 62.1 Å². The Balaban J connectivity index is 1.29. The van der Waals surface area contributed by atoms with E-state index in [0.29, 0.717) is 82.7 Å². The third-order valence-corrected chi connectivity index (χ3v) is 9.02. The van der Waals surface area contributed by atoms with Crippen LogP contribution in [0.25, 0.3) is 22.3 Å². The van der Waals surface area contributed by atoms with E-state index in [9.17, 15) is 18.0 Å². The van der Waals surface area contributed by atoms with Gasteiger partial charge in [0.25, 0.3) is 0 Å². The van der Waals surface area contributed by atoms with Crippen molar-refractivity contribution in [2.24, 2.45) is 0 Å². The van der Waals surface area contributed by atoms with Crippen LogP contribution in [-0.2, 0) is 41.6 Å². The highest BCUT2D eigenvalue weighted by Crippen LogP contribution is 2.36. The second-order valence-electron chi connectivity index (χ2n) is 12.3. The molecule has 0 aliphatic carbocycles. The van der Waals surface area contributed by atoms with Crippen LogP contribution >= 0.6 is 0 Å². The van der Waals surface area contributed by atoms with Crippen LogP contribution in [0.15, 0.2) is 54.6 Å². The summed E-state index contributed by atoms with van der Waals surface area (Å²) in [6.07, 6.45) is -2.65. The van der Waals surface area contributed by atoms with E-state index in [-0.39, 0.29) is 25.7 Å². The lowest BCUT2D eigenvalue weighted by Gasteiger charge is -2.27. The van der Waals surface area contributed by atoms with Crippen molar-refractivity contribution in [3.63, 3.8) is 0 Å². The highest BCUT2D eigenvalue weighted by Gasteiger charge is 2.33. The Labute approximate surface area is 286 Å². The number of rotatable bonds is 6. The van der Waals surface area contributed by atoms with E-state index in [1.54, 1.807) is 18.2 Å². The van der Waals surface area contributed by atoms with Crippen molar-refractivity contribution in [1.82, 2.24) is 19.5 Å². The number of fused-ring (bicyclic) bond motifs is 7. The predicted molar refractivity (Wildman–Crippen MR) is 177 cm³/mol. The third kappa shape index (κ3) is 6.69. The maximum atomic E-state index is 13.6. The Hall–Kier alpha value is -5.17. The van der Waals surface area contributed by atoms with Gasteiger partial charge in [-0.15, -0.1) is 0 Å². The summed E-state index contributed by atoms with van der Waals surface area (Å²) in [5, 5.41) is 0. The molecule has 7 rings (SSSR count). The van der Waals surface area contributed by atoms with Gasteiger partial charge in [-0.1, -0.05) is 18.2 Å².